The molecular weight excluding hydrogens is 426 g/mol. The molecule has 3 aromatic rings. The van der Waals surface area contributed by atoms with Gasteiger partial charge in [-0.3, -0.25) is 19.3 Å². The minimum atomic E-state index is -0.272. The van der Waals surface area contributed by atoms with E-state index in [0.717, 1.165) is 16.0 Å². The molecule has 2 aromatic heterocycles. The number of carbonyl (C=O) groups excluding carboxylic acids is 3. The van der Waals surface area contributed by atoms with Crippen molar-refractivity contribution in [2.45, 2.75) is 19.8 Å². The van der Waals surface area contributed by atoms with Crippen LogP contribution in [0.3, 0.4) is 0 Å². The van der Waals surface area contributed by atoms with Crippen molar-refractivity contribution in [1.29, 1.82) is 0 Å². The summed E-state index contributed by atoms with van der Waals surface area (Å²) in [6.07, 6.45) is 2.38. The molecule has 0 saturated carbocycles. The lowest BCUT2D eigenvalue weighted by molar-refractivity contribution is -0.131. The molecule has 164 valence electrons. The van der Waals surface area contributed by atoms with Crippen molar-refractivity contribution in [3.8, 4) is 0 Å². The van der Waals surface area contributed by atoms with Gasteiger partial charge in [0, 0.05) is 44.0 Å². The van der Waals surface area contributed by atoms with E-state index in [1.807, 2.05) is 4.90 Å². The van der Waals surface area contributed by atoms with Crippen LogP contribution >= 0.6 is 11.3 Å². The van der Waals surface area contributed by atoms with Gasteiger partial charge < -0.3 is 9.80 Å². The van der Waals surface area contributed by atoms with E-state index in [4.69, 9.17) is 0 Å². The molecule has 0 bridgehead atoms. The average Bonchev–Trinajstić information content (AvgIpc) is 3.31. The van der Waals surface area contributed by atoms with Gasteiger partial charge in [-0.15, -0.1) is 11.3 Å². The summed E-state index contributed by atoms with van der Waals surface area (Å²) < 4.78 is 0. The molecule has 8 nitrogen and oxygen atoms in total. The highest BCUT2D eigenvalue weighted by Gasteiger charge is 2.34. The Bertz CT molecular complexity index is 1180. The van der Waals surface area contributed by atoms with E-state index in [1.54, 1.807) is 41.9 Å². The van der Waals surface area contributed by atoms with E-state index in [1.165, 1.54) is 9.78 Å². The van der Waals surface area contributed by atoms with Gasteiger partial charge in [0.2, 0.25) is 5.91 Å². The van der Waals surface area contributed by atoms with Gasteiger partial charge in [0.1, 0.15) is 17.0 Å². The normalized spacial score (nSPS) is 16.2. The maximum atomic E-state index is 12.7. The summed E-state index contributed by atoms with van der Waals surface area (Å²) in [4.78, 5) is 53.9. The molecule has 32 heavy (non-hydrogen) atoms. The first kappa shape index (κ1) is 20.6. The summed E-state index contributed by atoms with van der Waals surface area (Å²) in [5.74, 6) is 0.440. The molecule has 0 radical (unpaired) electrons. The Labute approximate surface area is 189 Å². The van der Waals surface area contributed by atoms with Gasteiger partial charge in [-0.25, -0.2) is 9.97 Å². The van der Waals surface area contributed by atoms with Crippen LogP contribution in [0.15, 0.2) is 36.7 Å². The lowest BCUT2D eigenvalue weighted by atomic mass is 10.1. The van der Waals surface area contributed by atoms with E-state index in [2.05, 4.69) is 27.9 Å². The predicted molar refractivity (Wildman–Crippen MR) is 122 cm³/mol. The molecule has 1 fully saturated rings. The Morgan fingerprint density at radius 1 is 1.03 bits per heavy atom. The molecule has 1 saturated heterocycles. The number of benzene rings is 1. The lowest BCUT2D eigenvalue weighted by Crippen LogP contribution is -2.49. The van der Waals surface area contributed by atoms with Crippen LogP contribution in [0.2, 0.25) is 0 Å². The highest BCUT2D eigenvalue weighted by Crippen LogP contribution is 2.30. The fourth-order valence-electron chi connectivity index (χ4n) is 4.37. The molecule has 4 heterocycles. The van der Waals surface area contributed by atoms with Gasteiger partial charge in [0.05, 0.1) is 16.5 Å². The molecule has 9 heteroatoms. The molecule has 0 unspecified atom stereocenters. The minimum absolute atomic E-state index is 0.0560. The highest BCUT2D eigenvalue weighted by atomic mass is 32.1. The van der Waals surface area contributed by atoms with Gasteiger partial charge in [-0.1, -0.05) is 12.1 Å². The number of hydrogen-bond acceptors (Lipinski definition) is 7. The van der Waals surface area contributed by atoms with Crippen LogP contribution in [-0.2, 0) is 4.79 Å². The number of carbonyl (C=O) groups is 3. The average molecular weight is 450 g/mol. The third-order valence-corrected chi connectivity index (χ3v) is 6.97. The van der Waals surface area contributed by atoms with E-state index < -0.39 is 0 Å². The van der Waals surface area contributed by atoms with Gasteiger partial charge in [0.15, 0.2) is 0 Å². The molecule has 0 spiro atoms. The molecular formula is C23H23N5O3S. The molecule has 3 amide bonds. The zero-order chi connectivity index (χ0) is 22.2. The van der Waals surface area contributed by atoms with Gasteiger partial charge in [-0.05, 0) is 31.5 Å². The molecule has 2 aliphatic rings. The van der Waals surface area contributed by atoms with Gasteiger partial charge >= 0.3 is 0 Å². The number of thiophene rings is 1. The first-order valence-electron chi connectivity index (χ1n) is 10.7. The fourth-order valence-corrected chi connectivity index (χ4v) is 5.21. The number of nitrogens with zero attached hydrogens (tertiary/aromatic N) is 5. The first-order valence-corrected chi connectivity index (χ1v) is 11.5. The summed E-state index contributed by atoms with van der Waals surface area (Å²) in [7, 11) is 0. The Balaban J connectivity index is 1.14. The van der Waals surface area contributed by atoms with Crippen molar-refractivity contribution in [2.24, 2.45) is 0 Å². The highest BCUT2D eigenvalue weighted by molar-refractivity contribution is 7.18. The molecule has 0 N–H and O–H groups in total. The Morgan fingerprint density at radius 2 is 1.72 bits per heavy atom. The van der Waals surface area contributed by atoms with Crippen LogP contribution in [0.4, 0.5) is 5.82 Å². The van der Waals surface area contributed by atoms with Gasteiger partial charge in [0.25, 0.3) is 11.8 Å². The van der Waals surface area contributed by atoms with Crippen LogP contribution in [0.25, 0.3) is 10.2 Å². The monoisotopic (exact) mass is 449 g/mol. The van der Waals surface area contributed by atoms with E-state index >= 15 is 0 Å². The standard InChI is InChI=1S/C23H23N5O3S/c1-15-13-18-20(24-14-25-21(18)32-15)27-11-9-26(10-12-27)19(29)7-4-8-28-22(30)16-5-2-3-6-17(16)23(28)31/h2-3,5-6,13-14H,4,7-12H2,1H3. The van der Waals surface area contributed by atoms with Crippen molar-refractivity contribution in [1.82, 2.24) is 19.8 Å². The van der Waals surface area contributed by atoms with Crippen LogP contribution in [0.5, 0.6) is 0 Å². The van der Waals surface area contributed by atoms with E-state index in [9.17, 15) is 14.4 Å². The maximum Gasteiger partial charge on any atom is 0.261 e. The van der Waals surface area contributed by atoms with Crippen LogP contribution in [-0.4, -0.2) is 70.2 Å². The van der Waals surface area contributed by atoms with Gasteiger partial charge in [-0.2, -0.15) is 0 Å². The number of amides is 3. The second kappa shape index (κ2) is 8.31. The van der Waals surface area contributed by atoms with Crippen LogP contribution in [0.1, 0.15) is 38.4 Å². The molecule has 0 aliphatic carbocycles. The second-order valence-electron chi connectivity index (χ2n) is 8.05. The Morgan fingerprint density at radius 3 is 2.41 bits per heavy atom. The number of aryl methyl sites for hydroxylation is 1. The summed E-state index contributed by atoms with van der Waals surface area (Å²) in [6, 6.07) is 8.96. The Kier molecular flexibility index (Phi) is 5.34. The zero-order valence-electron chi connectivity index (χ0n) is 17.8. The Hall–Kier alpha value is -3.33. The largest absolute Gasteiger partial charge is 0.352 e. The van der Waals surface area contributed by atoms with Crippen molar-refractivity contribution >= 4 is 45.1 Å². The zero-order valence-corrected chi connectivity index (χ0v) is 18.6. The topological polar surface area (TPSA) is 86.7 Å². The third-order valence-electron chi connectivity index (χ3n) is 6.01. The molecule has 1 aromatic carbocycles. The fraction of sp³-hybridized carbons (Fsp3) is 0.348. The predicted octanol–water partition coefficient (Wildman–Crippen LogP) is 2.72. The smallest absolute Gasteiger partial charge is 0.261 e. The number of aromatic nitrogens is 2. The third kappa shape index (κ3) is 3.62. The number of fused-ring (bicyclic) bond motifs is 2. The number of anilines is 1. The van der Waals surface area contributed by atoms with E-state index in [-0.39, 0.29) is 24.3 Å². The summed E-state index contributed by atoms with van der Waals surface area (Å²) in [5, 5.41) is 1.07. The molecule has 0 atom stereocenters. The summed E-state index contributed by atoms with van der Waals surface area (Å²) >= 11 is 1.66. The minimum Gasteiger partial charge on any atom is -0.352 e. The van der Waals surface area contributed by atoms with Crippen molar-refractivity contribution < 1.29 is 14.4 Å². The van der Waals surface area contributed by atoms with Crippen LogP contribution < -0.4 is 4.90 Å². The number of imide groups is 1. The molecule has 5 rings (SSSR count). The first-order chi connectivity index (χ1) is 15.5. The van der Waals surface area contributed by atoms with Crippen molar-refractivity contribution in [2.75, 3.05) is 37.6 Å². The number of hydrogen-bond donors (Lipinski definition) is 0. The van der Waals surface area contributed by atoms with Crippen molar-refractivity contribution in [3.05, 3.63) is 52.7 Å². The van der Waals surface area contributed by atoms with Crippen LogP contribution in [0, 0.1) is 6.92 Å². The number of piperazine rings is 1. The summed E-state index contributed by atoms with van der Waals surface area (Å²) in [6.45, 7) is 5.00. The SMILES string of the molecule is Cc1cc2c(N3CCN(C(=O)CCCN4C(=O)c5ccccc5C4=O)CC3)ncnc2s1. The maximum absolute atomic E-state index is 12.7. The van der Waals surface area contributed by atoms with E-state index in [0.29, 0.717) is 50.1 Å². The quantitative estimate of drug-likeness (QED) is 0.557. The second-order valence-corrected chi connectivity index (χ2v) is 9.29. The lowest BCUT2D eigenvalue weighted by Gasteiger charge is -2.35. The van der Waals surface area contributed by atoms with Crippen molar-refractivity contribution in [3.63, 3.8) is 0 Å². The number of rotatable bonds is 5. The summed E-state index contributed by atoms with van der Waals surface area (Å²) in [5.41, 5.74) is 0.888. The molecule has 2 aliphatic heterocycles.